The van der Waals surface area contributed by atoms with Crippen molar-refractivity contribution in [3.05, 3.63) is 54.1 Å². The van der Waals surface area contributed by atoms with Gasteiger partial charge in [0, 0.05) is 0 Å². The monoisotopic (exact) mass is 280 g/mol. The van der Waals surface area contributed by atoms with E-state index in [0.29, 0.717) is 22.7 Å². The van der Waals surface area contributed by atoms with E-state index < -0.39 is 6.10 Å². The van der Waals surface area contributed by atoms with Gasteiger partial charge >= 0.3 is 0 Å². The number of carbonyl (C=O) groups excluding carboxylic acids is 1. The van der Waals surface area contributed by atoms with Crippen LogP contribution in [0.3, 0.4) is 0 Å². The van der Waals surface area contributed by atoms with Crippen molar-refractivity contribution in [2.24, 2.45) is 0 Å². The predicted molar refractivity (Wildman–Crippen MR) is 76.1 cm³/mol. The molecule has 5 heteroatoms. The molecule has 0 bridgehead atoms. The number of para-hydroxylation sites is 3. The largest absolute Gasteiger partial charge is 0.485 e. The number of rotatable bonds is 2. The van der Waals surface area contributed by atoms with Gasteiger partial charge in [-0.2, -0.15) is 5.26 Å². The fraction of sp³-hybridized carbons (Fsp3) is 0.125. The lowest BCUT2D eigenvalue weighted by Gasteiger charge is -2.25. The van der Waals surface area contributed by atoms with Crippen molar-refractivity contribution in [2.75, 3.05) is 11.9 Å². The molecule has 0 saturated heterocycles. The Morgan fingerprint density at radius 3 is 2.67 bits per heavy atom. The highest BCUT2D eigenvalue weighted by atomic mass is 16.6. The number of nitrogens with zero attached hydrogens (tertiary/aromatic N) is 1. The van der Waals surface area contributed by atoms with Crippen LogP contribution in [0.4, 0.5) is 5.69 Å². The Morgan fingerprint density at radius 1 is 1.14 bits per heavy atom. The number of hydrogen-bond donors (Lipinski definition) is 1. The van der Waals surface area contributed by atoms with Gasteiger partial charge in [0.1, 0.15) is 12.7 Å². The molecule has 0 fully saturated rings. The van der Waals surface area contributed by atoms with Gasteiger partial charge in [-0.05, 0) is 24.3 Å². The fourth-order valence-electron chi connectivity index (χ4n) is 2.05. The van der Waals surface area contributed by atoms with Crippen LogP contribution in [-0.4, -0.2) is 18.6 Å². The van der Waals surface area contributed by atoms with Crippen molar-refractivity contribution >= 4 is 11.6 Å². The highest BCUT2D eigenvalue weighted by Crippen LogP contribution is 2.31. The zero-order chi connectivity index (χ0) is 14.7. The molecule has 2 aromatic carbocycles. The quantitative estimate of drug-likeness (QED) is 0.916. The molecule has 0 aromatic heterocycles. The van der Waals surface area contributed by atoms with Gasteiger partial charge in [-0.25, -0.2) is 0 Å². The minimum atomic E-state index is -0.744. The van der Waals surface area contributed by atoms with Crippen molar-refractivity contribution < 1.29 is 14.3 Å². The van der Waals surface area contributed by atoms with Crippen LogP contribution in [-0.2, 0) is 4.79 Å². The first-order chi connectivity index (χ1) is 10.3. The molecule has 1 unspecified atom stereocenters. The van der Waals surface area contributed by atoms with Gasteiger partial charge in [-0.3, -0.25) is 4.79 Å². The van der Waals surface area contributed by atoms with Crippen molar-refractivity contribution in [1.29, 1.82) is 5.26 Å². The summed E-state index contributed by atoms with van der Waals surface area (Å²) in [7, 11) is 0. The van der Waals surface area contributed by atoms with E-state index in [-0.39, 0.29) is 12.5 Å². The van der Waals surface area contributed by atoms with Crippen molar-refractivity contribution in [2.45, 2.75) is 6.10 Å². The molecule has 21 heavy (non-hydrogen) atoms. The van der Waals surface area contributed by atoms with Gasteiger partial charge in [0.05, 0.1) is 11.3 Å². The molecule has 3 rings (SSSR count). The smallest absolute Gasteiger partial charge is 0.269 e. The third kappa shape index (κ3) is 2.65. The first-order valence-electron chi connectivity index (χ1n) is 6.46. The molecule has 1 aliphatic heterocycles. The minimum Gasteiger partial charge on any atom is -0.485 e. The Morgan fingerprint density at radius 2 is 1.86 bits per heavy atom. The first-order valence-corrected chi connectivity index (χ1v) is 6.46. The van der Waals surface area contributed by atoms with Gasteiger partial charge in [0.25, 0.3) is 5.91 Å². The van der Waals surface area contributed by atoms with Crippen LogP contribution >= 0.6 is 0 Å². The zero-order valence-corrected chi connectivity index (χ0v) is 11.1. The number of carbonyl (C=O) groups is 1. The summed E-state index contributed by atoms with van der Waals surface area (Å²) in [6, 6.07) is 16.0. The van der Waals surface area contributed by atoms with Gasteiger partial charge in [-0.1, -0.05) is 24.3 Å². The number of anilines is 1. The molecule has 0 spiro atoms. The van der Waals surface area contributed by atoms with E-state index in [4.69, 9.17) is 14.7 Å². The van der Waals surface area contributed by atoms with E-state index in [1.807, 2.05) is 18.2 Å². The van der Waals surface area contributed by atoms with Crippen molar-refractivity contribution in [3.63, 3.8) is 0 Å². The summed E-state index contributed by atoms with van der Waals surface area (Å²) >= 11 is 0. The minimum absolute atomic E-state index is 0.136. The number of nitrogens with one attached hydrogen (secondary N) is 1. The summed E-state index contributed by atoms with van der Waals surface area (Å²) in [5.74, 6) is 0.823. The molecule has 1 aliphatic rings. The average molecular weight is 280 g/mol. The summed E-state index contributed by atoms with van der Waals surface area (Å²) in [6.45, 7) is 0.136. The summed E-state index contributed by atoms with van der Waals surface area (Å²) in [6.07, 6.45) is -0.744. The molecular formula is C16H12N2O3. The average Bonchev–Trinajstić information content (AvgIpc) is 2.55. The molecule has 104 valence electrons. The topological polar surface area (TPSA) is 71.4 Å². The van der Waals surface area contributed by atoms with Crippen LogP contribution in [0.15, 0.2) is 48.5 Å². The second-order valence-electron chi connectivity index (χ2n) is 4.51. The third-order valence-electron chi connectivity index (χ3n) is 3.11. The Labute approximate surface area is 121 Å². The molecule has 1 heterocycles. The number of benzene rings is 2. The summed E-state index contributed by atoms with van der Waals surface area (Å²) in [5.41, 5.74) is 0.871. The van der Waals surface area contributed by atoms with Crippen molar-refractivity contribution in [1.82, 2.24) is 0 Å². The number of ether oxygens (including phenoxy) is 2. The molecule has 0 aliphatic carbocycles. The molecule has 5 nitrogen and oxygen atoms in total. The molecule has 1 N–H and O–H groups in total. The van der Waals surface area contributed by atoms with Crippen molar-refractivity contribution in [3.8, 4) is 17.6 Å². The van der Waals surface area contributed by atoms with E-state index in [1.165, 1.54) is 0 Å². The summed E-state index contributed by atoms with van der Waals surface area (Å²) in [5, 5.41) is 11.7. The van der Waals surface area contributed by atoms with Crippen LogP contribution in [0.1, 0.15) is 5.56 Å². The lowest BCUT2D eigenvalue weighted by atomic mass is 10.2. The molecule has 0 saturated carbocycles. The Bertz CT molecular complexity index is 721. The maximum Gasteiger partial charge on any atom is 0.269 e. The fourth-order valence-corrected chi connectivity index (χ4v) is 2.05. The zero-order valence-electron chi connectivity index (χ0n) is 11.1. The standard InChI is InChI=1S/C16H12N2O3/c17-9-11-5-1-2-6-12(11)18-16(19)15-10-20-13-7-3-4-8-14(13)21-15/h1-8,15H,10H2,(H,18,19). The SMILES string of the molecule is N#Cc1ccccc1NC(=O)C1COc2ccccc2O1. The number of fused-ring (bicyclic) bond motifs is 1. The second-order valence-corrected chi connectivity index (χ2v) is 4.51. The molecule has 2 aromatic rings. The molecule has 1 amide bonds. The molecule has 1 atom stereocenters. The highest BCUT2D eigenvalue weighted by molar-refractivity contribution is 5.95. The normalized spacial score (nSPS) is 15.9. The van der Waals surface area contributed by atoms with Gasteiger partial charge < -0.3 is 14.8 Å². The summed E-state index contributed by atoms with van der Waals surface area (Å²) < 4.78 is 11.1. The maximum atomic E-state index is 12.2. The van der Waals surface area contributed by atoms with Gasteiger partial charge in [0.15, 0.2) is 11.5 Å². The number of hydrogen-bond acceptors (Lipinski definition) is 4. The summed E-state index contributed by atoms with van der Waals surface area (Å²) in [4.78, 5) is 12.2. The Hall–Kier alpha value is -3.00. The van der Waals surface area contributed by atoms with E-state index in [1.54, 1.807) is 36.4 Å². The van der Waals surface area contributed by atoms with Crippen LogP contribution in [0, 0.1) is 11.3 Å². The Balaban J connectivity index is 1.74. The predicted octanol–water partition coefficient (Wildman–Crippen LogP) is 2.34. The van der Waals surface area contributed by atoms with E-state index in [0.717, 1.165) is 0 Å². The first kappa shape index (κ1) is 13.0. The van der Waals surface area contributed by atoms with Crippen LogP contribution in [0.2, 0.25) is 0 Å². The van der Waals surface area contributed by atoms with E-state index in [9.17, 15) is 4.79 Å². The third-order valence-corrected chi connectivity index (χ3v) is 3.11. The van der Waals surface area contributed by atoms with Crippen LogP contribution in [0.5, 0.6) is 11.5 Å². The molecular weight excluding hydrogens is 268 g/mol. The number of amides is 1. The van der Waals surface area contributed by atoms with E-state index >= 15 is 0 Å². The Kier molecular flexibility index (Phi) is 3.44. The lowest BCUT2D eigenvalue weighted by Crippen LogP contribution is -2.40. The molecule has 0 radical (unpaired) electrons. The second kappa shape index (κ2) is 5.55. The maximum absolute atomic E-state index is 12.2. The van der Waals surface area contributed by atoms with E-state index in [2.05, 4.69) is 5.32 Å². The van der Waals surface area contributed by atoms with Gasteiger partial charge in [0.2, 0.25) is 6.10 Å². The highest BCUT2D eigenvalue weighted by Gasteiger charge is 2.27. The number of nitriles is 1. The van der Waals surface area contributed by atoms with Crippen LogP contribution < -0.4 is 14.8 Å². The van der Waals surface area contributed by atoms with Gasteiger partial charge in [-0.15, -0.1) is 0 Å². The van der Waals surface area contributed by atoms with Crippen LogP contribution in [0.25, 0.3) is 0 Å². The lowest BCUT2D eigenvalue weighted by molar-refractivity contribution is -0.125.